The molecule has 4 heteroatoms. The van der Waals surface area contributed by atoms with E-state index in [-0.39, 0.29) is 0 Å². The van der Waals surface area contributed by atoms with Crippen LogP contribution in [0.4, 0.5) is 0 Å². The van der Waals surface area contributed by atoms with Crippen LogP contribution in [0.2, 0.25) is 0 Å². The molecule has 1 atom stereocenters. The SMILES string of the molecule is CCC(CCc1ccnn1C)NN. The highest BCUT2D eigenvalue weighted by molar-refractivity contribution is 5.00. The number of hydrogen-bond donors (Lipinski definition) is 2. The van der Waals surface area contributed by atoms with Gasteiger partial charge in [-0.15, -0.1) is 0 Å². The molecule has 0 saturated heterocycles. The summed E-state index contributed by atoms with van der Waals surface area (Å²) in [6.45, 7) is 2.13. The summed E-state index contributed by atoms with van der Waals surface area (Å²) in [5, 5.41) is 4.11. The van der Waals surface area contributed by atoms with Gasteiger partial charge < -0.3 is 0 Å². The molecule has 0 bridgehead atoms. The van der Waals surface area contributed by atoms with Gasteiger partial charge in [0.15, 0.2) is 0 Å². The van der Waals surface area contributed by atoms with Crippen molar-refractivity contribution in [3.8, 4) is 0 Å². The summed E-state index contributed by atoms with van der Waals surface area (Å²) in [4.78, 5) is 0. The van der Waals surface area contributed by atoms with Crippen LogP contribution in [0, 0.1) is 0 Å². The molecule has 0 saturated carbocycles. The van der Waals surface area contributed by atoms with Gasteiger partial charge in [-0.25, -0.2) is 0 Å². The van der Waals surface area contributed by atoms with E-state index in [0.717, 1.165) is 19.3 Å². The second kappa shape index (κ2) is 4.99. The van der Waals surface area contributed by atoms with Gasteiger partial charge in [0.05, 0.1) is 0 Å². The predicted molar refractivity (Wildman–Crippen MR) is 52.9 cm³/mol. The number of rotatable bonds is 5. The Bertz CT molecular complexity index is 240. The molecule has 74 valence electrons. The van der Waals surface area contributed by atoms with Crippen LogP contribution in [0.3, 0.4) is 0 Å². The molecule has 4 nitrogen and oxygen atoms in total. The van der Waals surface area contributed by atoms with Crippen LogP contribution in [0.25, 0.3) is 0 Å². The van der Waals surface area contributed by atoms with Crippen molar-refractivity contribution in [2.75, 3.05) is 0 Å². The summed E-state index contributed by atoms with van der Waals surface area (Å²) < 4.78 is 1.91. The van der Waals surface area contributed by atoms with Gasteiger partial charge in [-0.05, 0) is 25.3 Å². The van der Waals surface area contributed by atoms with Gasteiger partial charge in [-0.1, -0.05) is 6.92 Å². The fraction of sp³-hybridized carbons (Fsp3) is 0.667. The highest BCUT2D eigenvalue weighted by Crippen LogP contribution is 2.05. The van der Waals surface area contributed by atoms with Crippen molar-refractivity contribution < 1.29 is 0 Å². The van der Waals surface area contributed by atoms with Gasteiger partial charge in [0.2, 0.25) is 0 Å². The summed E-state index contributed by atoms with van der Waals surface area (Å²) in [6, 6.07) is 2.46. The molecule has 0 aliphatic heterocycles. The average Bonchev–Trinajstić information content (AvgIpc) is 2.54. The highest BCUT2D eigenvalue weighted by Gasteiger charge is 2.05. The zero-order valence-electron chi connectivity index (χ0n) is 8.33. The van der Waals surface area contributed by atoms with Gasteiger partial charge in [0, 0.05) is 25.0 Å². The number of aryl methyl sites for hydroxylation is 2. The molecule has 0 aromatic carbocycles. The molecule has 0 aliphatic carbocycles. The molecule has 0 spiro atoms. The number of hydrazine groups is 1. The third kappa shape index (κ3) is 2.82. The topological polar surface area (TPSA) is 55.9 Å². The van der Waals surface area contributed by atoms with Crippen LogP contribution in [-0.4, -0.2) is 15.8 Å². The summed E-state index contributed by atoms with van der Waals surface area (Å²) in [5.74, 6) is 5.39. The first-order valence-corrected chi connectivity index (χ1v) is 4.71. The monoisotopic (exact) mass is 182 g/mol. The van der Waals surface area contributed by atoms with Crippen molar-refractivity contribution in [3.05, 3.63) is 18.0 Å². The minimum atomic E-state index is 0.412. The maximum absolute atomic E-state index is 5.39. The number of aromatic nitrogens is 2. The fourth-order valence-corrected chi connectivity index (χ4v) is 1.37. The quantitative estimate of drug-likeness (QED) is 0.518. The van der Waals surface area contributed by atoms with E-state index in [1.165, 1.54) is 5.69 Å². The lowest BCUT2D eigenvalue weighted by atomic mass is 10.1. The predicted octanol–water partition coefficient (Wildman–Crippen LogP) is 0.595. The Morgan fingerprint density at radius 2 is 2.46 bits per heavy atom. The second-order valence-electron chi connectivity index (χ2n) is 3.26. The van der Waals surface area contributed by atoms with Gasteiger partial charge in [0.25, 0.3) is 0 Å². The van der Waals surface area contributed by atoms with Crippen LogP contribution in [0.1, 0.15) is 25.5 Å². The highest BCUT2D eigenvalue weighted by atomic mass is 15.3. The standard InChI is InChI=1S/C9H18N4/c1-3-8(12-10)4-5-9-6-7-11-13(9)2/h6-8,12H,3-5,10H2,1-2H3. The second-order valence-corrected chi connectivity index (χ2v) is 3.26. The maximum Gasteiger partial charge on any atom is 0.0492 e. The molecule has 3 N–H and O–H groups in total. The van der Waals surface area contributed by atoms with E-state index < -0.39 is 0 Å². The van der Waals surface area contributed by atoms with Crippen LogP contribution in [-0.2, 0) is 13.5 Å². The van der Waals surface area contributed by atoms with Crippen LogP contribution in [0.15, 0.2) is 12.3 Å². The Morgan fingerprint density at radius 3 is 2.92 bits per heavy atom. The molecule has 0 radical (unpaired) electrons. The Labute approximate surface area is 79.1 Å². The number of nitrogens with two attached hydrogens (primary N) is 1. The molecule has 0 fully saturated rings. The molecule has 1 aromatic rings. The minimum absolute atomic E-state index is 0.412. The van der Waals surface area contributed by atoms with Crippen molar-refractivity contribution >= 4 is 0 Å². The molecule has 1 heterocycles. The van der Waals surface area contributed by atoms with Crippen LogP contribution < -0.4 is 11.3 Å². The van der Waals surface area contributed by atoms with E-state index in [4.69, 9.17) is 5.84 Å². The van der Waals surface area contributed by atoms with Crippen LogP contribution >= 0.6 is 0 Å². The van der Waals surface area contributed by atoms with E-state index in [0.29, 0.717) is 6.04 Å². The summed E-state index contributed by atoms with van der Waals surface area (Å²) in [6.07, 6.45) is 4.98. The van der Waals surface area contributed by atoms with E-state index in [9.17, 15) is 0 Å². The average molecular weight is 182 g/mol. The van der Waals surface area contributed by atoms with Crippen molar-refractivity contribution in [3.63, 3.8) is 0 Å². The number of nitrogens with one attached hydrogen (secondary N) is 1. The minimum Gasteiger partial charge on any atom is -0.273 e. The lowest BCUT2D eigenvalue weighted by Gasteiger charge is -2.12. The van der Waals surface area contributed by atoms with Crippen molar-refractivity contribution in [1.29, 1.82) is 0 Å². The molecule has 1 unspecified atom stereocenters. The maximum atomic E-state index is 5.39. The summed E-state index contributed by atoms with van der Waals surface area (Å²) >= 11 is 0. The van der Waals surface area contributed by atoms with Gasteiger partial charge in [0.1, 0.15) is 0 Å². The van der Waals surface area contributed by atoms with E-state index in [2.05, 4.69) is 17.4 Å². The van der Waals surface area contributed by atoms with E-state index in [1.807, 2.05) is 24.0 Å². The lowest BCUT2D eigenvalue weighted by Crippen LogP contribution is -2.34. The first-order valence-electron chi connectivity index (χ1n) is 4.71. The van der Waals surface area contributed by atoms with E-state index >= 15 is 0 Å². The fourth-order valence-electron chi connectivity index (χ4n) is 1.37. The van der Waals surface area contributed by atoms with Gasteiger partial charge in [-0.2, -0.15) is 5.10 Å². The first-order chi connectivity index (χ1) is 6.27. The molecule has 1 rings (SSSR count). The molecule has 13 heavy (non-hydrogen) atoms. The molecular formula is C9H18N4. The van der Waals surface area contributed by atoms with E-state index in [1.54, 1.807) is 0 Å². The molecule has 1 aromatic heterocycles. The molecule has 0 aliphatic rings. The summed E-state index contributed by atoms with van der Waals surface area (Å²) in [7, 11) is 1.96. The molecule has 0 amide bonds. The lowest BCUT2D eigenvalue weighted by molar-refractivity contribution is 0.474. The number of hydrogen-bond acceptors (Lipinski definition) is 3. The Kier molecular flexibility index (Phi) is 3.92. The Hall–Kier alpha value is -0.870. The molecular weight excluding hydrogens is 164 g/mol. The third-order valence-electron chi connectivity index (χ3n) is 2.40. The van der Waals surface area contributed by atoms with Crippen molar-refractivity contribution in [2.24, 2.45) is 12.9 Å². The van der Waals surface area contributed by atoms with Crippen molar-refractivity contribution in [2.45, 2.75) is 32.2 Å². The normalized spacial score (nSPS) is 13.2. The van der Waals surface area contributed by atoms with Crippen molar-refractivity contribution in [1.82, 2.24) is 15.2 Å². The largest absolute Gasteiger partial charge is 0.273 e. The van der Waals surface area contributed by atoms with Gasteiger partial charge in [-0.3, -0.25) is 16.0 Å². The first kappa shape index (κ1) is 10.2. The van der Waals surface area contributed by atoms with Crippen LogP contribution in [0.5, 0.6) is 0 Å². The van der Waals surface area contributed by atoms with Gasteiger partial charge >= 0.3 is 0 Å². The smallest absolute Gasteiger partial charge is 0.0492 e. The Morgan fingerprint density at radius 1 is 1.69 bits per heavy atom. The Balaban J connectivity index is 2.38. The zero-order valence-corrected chi connectivity index (χ0v) is 8.33. The third-order valence-corrected chi connectivity index (χ3v) is 2.40. The summed E-state index contributed by atoms with van der Waals surface area (Å²) in [5.41, 5.74) is 4.06. The number of nitrogens with zero attached hydrogens (tertiary/aromatic N) is 2. The zero-order chi connectivity index (χ0) is 9.68.